The van der Waals surface area contributed by atoms with Crippen molar-refractivity contribution in [2.45, 2.75) is 44.9 Å². The summed E-state index contributed by atoms with van der Waals surface area (Å²) in [5.41, 5.74) is 0.965. The Morgan fingerprint density at radius 2 is 1.74 bits per heavy atom. The molecule has 1 unspecified atom stereocenters. The first-order valence-electron chi connectivity index (χ1n) is 11.8. The van der Waals surface area contributed by atoms with Crippen LogP contribution >= 0.6 is 23.2 Å². The lowest BCUT2D eigenvalue weighted by molar-refractivity contribution is -0.128. The third-order valence-electron chi connectivity index (χ3n) is 6.59. The van der Waals surface area contributed by atoms with Crippen molar-refractivity contribution in [2.75, 3.05) is 26.2 Å². The fourth-order valence-corrected chi connectivity index (χ4v) is 5.02. The van der Waals surface area contributed by atoms with Crippen LogP contribution in [-0.2, 0) is 9.53 Å². The first-order valence-corrected chi connectivity index (χ1v) is 12.6. The number of nitrogens with zero attached hydrogens (tertiary/aromatic N) is 2. The van der Waals surface area contributed by atoms with Gasteiger partial charge < -0.3 is 15.0 Å². The molecule has 1 atom stereocenters. The summed E-state index contributed by atoms with van der Waals surface area (Å²) in [6.07, 6.45) is 1.59. The fourth-order valence-electron chi connectivity index (χ4n) is 4.72. The van der Waals surface area contributed by atoms with Gasteiger partial charge in [-0.15, -0.1) is 0 Å². The van der Waals surface area contributed by atoms with Crippen molar-refractivity contribution in [1.82, 2.24) is 15.1 Å². The van der Waals surface area contributed by atoms with Crippen LogP contribution in [0, 0.1) is 6.92 Å². The maximum atomic E-state index is 13.7. The summed E-state index contributed by atoms with van der Waals surface area (Å²) in [6.45, 7) is 5.29. The second-order valence-corrected chi connectivity index (χ2v) is 9.84. The van der Waals surface area contributed by atoms with Crippen molar-refractivity contribution in [3.63, 3.8) is 0 Å². The zero-order chi connectivity index (χ0) is 25.2. The summed E-state index contributed by atoms with van der Waals surface area (Å²) in [6, 6.07) is 11.4. The summed E-state index contributed by atoms with van der Waals surface area (Å²) < 4.78 is 6.22. The first-order chi connectivity index (χ1) is 16.8. The number of amides is 3. The summed E-state index contributed by atoms with van der Waals surface area (Å²) in [5.74, 6) is -0.628. The van der Waals surface area contributed by atoms with Crippen LogP contribution < -0.4 is 5.32 Å². The lowest BCUT2D eigenvalue weighted by Crippen LogP contribution is -2.59. The van der Waals surface area contributed by atoms with E-state index in [2.05, 4.69) is 5.32 Å². The topological polar surface area (TPSA) is 79.0 Å². The van der Waals surface area contributed by atoms with Crippen molar-refractivity contribution in [1.29, 1.82) is 0 Å². The molecule has 2 aliphatic rings. The number of carbonyl (C=O) groups is 3. The van der Waals surface area contributed by atoms with Gasteiger partial charge in [-0.05, 0) is 43.7 Å². The second kappa shape index (κ2) is 10.6. The molecule has 1 N–H and O–H groups in total. The molecule has 35 heavy (non-hydrogen) atoms. The molecule has 0 bridgehead atoms. The van der Waals surface area contributed by atoms with Gasteiger partial charge in [0.1, 0.15) is 11.8 Å². The van der Waals surface area contributed by atoms with Gasteiger partial charge in [0.25, 0.3) is 11.8 Å². The molecule has 2 saturated heterocycles. The predicted molar refractivity (Wildman–Crippen MR) is 135 cm³/mol. The average molecular weight is 518 g/mol. The highest BCUT2D eigenvalue weighted by molar-refractivity contribution is 6.42. The Hall–Kier alpha value is -2.61. The van der Waals surface area contributed by atoms with E-state index in [-0.39, 0.29) is 24.3 Å². The zero-order valence-corrected chi connectivity index (χ0v) is 21.4. The number of hydrogen-bond acceptors (Lipinski definition) is 4. The molecule has 0 aromatic heterocycles. The summed E-state index contributed by atoms with van der Waals surface area (Å²) in [7, 11) is 0. The number of halogens is 2. The molecule has 0 saturated carbocycles. The Labute approximate surface area is 215 Å². The molecule has 2 aromatic rings. The molecule has 7 nitrogen and oxygen atoms in total. The van der Waals surface area contributed by atoms with Gasteiger partial charge in [-0.25, -0.2) is 0 Å². The Kier molecular flexibility index (Phi) is 7.69. The number of ether oxygens (including phenoxy) is 1. The average Bonchev–Trinajstić information content (AvgIpc) is 3.22. The maximum Gasteiger partial charge on any atom is 0.256 e. The lowest BCUT2D eigenvalue weighted by atomic mass is 9.95. The normalized spacial score (nSPS) is 19.1. The minimum Gasteiger partial charge on any atom is -0.354 e. The van der Waals surface area contributed by atoms with E-state index in [4.69, 9.17) is 27.9 Å². The molecule has 2 fully saturated rings. The van der Waals surface area contributed by atoms with E-state index in [1.54, 1.807) is 34.1 Å². The standard InChI is InChI=1S/C26H29Cl2N3O4/c1-3-11-29-23(32)22-16-35-26(31(22)25(34)18-6-4-5-17(2)14-18)9-12-30(13-10-26)24(33)19-7-8-20(27)21(28)15-19/h4-8,14-15,22H,3,9-13,16H2,1-2H3,(H,29,32). The van der Waals surface area contributed by atoms with E-state index in [0.717, 1.165) is 12.0 Å². The second-order valence-electron chi connectivity index (χ2n) is 9.03. The molecule has 3 amide bonds. The highest BCUT2D eigenvalue weighted by Crippen LogP contribution is 2.39. The molecule has 2 aliphatic heterocycles. The van der Waals surface area contributed by atoms with Crippen molar-refractivity contribution >= 4 is 40.9 Å². The molecule has 2 heterocycles. The number of nitrogens with one attached hydrogen (secondary N) is 1. The molecular weight excluding hydrogens is 489 g/mol. The van der Waals surface area contributed by atoms with Crippen LogP contribution in [0.25, 0.3) is 0 Å². The van der Waals surface area contributed by atoms with Crippen LogP contribution in [0.2, 0.25) is 10.0 Å². The summed E-state index contributed by atoms with van der Waals surface area (Å²) in [5, 5.41) is 3.61. The van der Waals surface area contributed by atoms with Crippen molar-refractivity contribution in [3.8, 4) is 0 Å². The minimum absolute atomic E-state index is 0.119. The summed E-state index contributed by atoms with van der Waals surface area (Å²) >= 11 is 12.1. The van der Waals surface area contributed by atoms with E-state index in [1.165, 1.54) is 0 Å². The molecule has 1 spiro atoms. The quantitative estimate of drug-likeness (QED) is 0.641. The minimum atomic E-state index is -0.955. The van der Waals surface area contributed by atoms with E-state index in [1.807, 2.05) is 32.0 Å². The van der Waals surface area contributed by atoms with Crippen molar-refractivity contribution < 1.29 is 19.1 Å². The number of carbonyl (C=O) groups excluding carboxylic acids is 3. The molecular formula is C26H29Cl2N3O4. The molecule has 0 aliphatic carbocycles. The Bertz CT molecular complexity index is 1130. The van der Waals surface area contributed by atoms with Crippen LogP contribution in [0.15, 0.2) is 42.5 Å². The monoisotopic (exact) mass is 517 g/mol. The Morgan fingerprint density at radius 3 is 2.40 bits per heavy atom. The van der Waals surface area contributed by atoms with Gasteiger partial charge in [-0.2, -0.15) is 0 Å². The number of aryl methyl sites for hydroxylation is 1. The SMILES string of the molecule is CCCNC(=O)C1COC2(CCN(C(=O)c3ccc(Cl)c(Cl)c3)CC2)N1C(=O)c1cccc(C)c1. The van der Waals surface area contributed by atoms with E-state index in [9.17, 15) is 14.4 Å². The van der Waals surface area contributed by atoms with E-state index >= 15 is 0 Å². The largest absolute Gasteiger partial charge is 0.354 e. The molecule has 9 heteroatoms. The van der Waals surface area contributed by atoms with Crippen molar-refractivity contribution in [3.05, 3.63) is 69.2 Å². The van der Waals surface area contributed by atoms with Gasteiger partial charge in [-0.3, -0.25) is 19.3 Å². The van der Waals surface area contributed by atoms with Crippen LogP contribution in [0.1, 0.15) is 52.5 Å². The van der Waals surface area contributed by atoms with E-state index in [0.29, 0.717) is 53.6 Å². The highest BCUT2D eigenvalue weighted by Gasteiger charge is 2.54. The zero-order valence-electron chi connectivity index (χ0n) is 19.9. The number of piperidine rings is 1. The van der Waals surface area contributed by atoms with Gasteiger partial charge in [0.15, 0.2) is 0 Å². The molecule has 2 aromatic carbocycles. The van der Waals surface area contributed by atoms with Gasteiger partial charge in [0.2, 0.25) is 5.91 Å². The Balaban J connectivity index is 1.57. The number of likely N-dealkylation sites (tertiary alicyclic amines) is 1. The summed E-state index contributed by atoms with van der Waals surface area (Å²) in [4.78, 5) is 43.1. The van der Waals surface area contributed by atoms with E-state index < -0.39 is 11.8 Å². The van der Waals surface area contributed by atoms with Gasteiger partial charge >= 0.3 is 0 Å². The van der Waals surface area contributed by atoms with Gasteiger partial charge in [0.05, 0.1) is 16.7 Å². The highest BCUT2D eigenvalue weighted by atomic mass is 35.5. The van der Waals surface area contributed by atoms with Crippen LogP contribution in [0.3, 0.4) is 0 Å². The van der Waals surface area contributed by atoms with Gasteiger partial charge in [0, 0.05) is 43.6 Å². The predicted octanol–water partition coefficient (Wildman–Crippen LogP) is 4.30. The maximum absolute atomic E-state index is 13.7. The van der Waals surface area contributed by atoms with Crippen LogP contribution in [0.4, 0.5) is 0 Å². The first kappa shape index (κ1) is 25.5. The molecule has 0 radical (unpaired) electrons. The number of benzene rings is 2. The smallest absolute Gasteiger partial charge is 0.256 e. The van der Waals surface area contributed by atoms with Crippen LogP contribution in [-0.4, -0.2) is 65.5 Å². The third kappa shape index (κ3) is 5.17. The lowest BCUT2D eigenvalue weighted by Gasteiger charge is -2.44. The van der Waals surface area contributed by atoms with Crippen LogP contribution in [0.5, 0.6) is 0 Å². The molecule has 186 valence electrons. The fraction of sp³-hybridized carbons (Fsp3) is 0.423. The third-order valence-corrected chi connectivity index (χ3v) is 7.33. The molecule has 4 rings (SSSR count). The van der Waals surface area contributed by atoms with Crippen molar-refractivity contribution in [2.24, 2.45) is 0 Å². The number of rotatable bonds is 5. The number of hydrogen-bond donors (Lipinski definition) is 1. The van der Waals surface area contributed by atoms with Gasteiger partial charge in [-0.1, -0.05) is 47.8 Å². The Morgan fingerprint density at radius 1 is 1.03 bits per heavy atom.